The van der Waals surface area contributed by atoms with Gasteiger partial charge in [-0.1, -0.05) is 23.7 Å². The predicted octanol–water partition coefficient (Wildman–Crippen LogP) is 4.00. The summed E-state index contributed by atoms with van der Waals surface area (Å²) in [6.07, 6.45) is 1.81. The number of halogens is 1. The van der Waals surface area contributed by atoms with Gasteiger partial charge < -0.3 is 5.32 Å². The summed E-state index contributed by atoms with van der Waals surface area (Å²) in [6, 6.07) is 7.31. The van der Waals surface area contributed by atoms with Crippen LogP contribution in [0.4, 0.5) is 5.13 Å². The largest absolute Gasteiger partial charge is 0.300 e. The van der Waals surface area contributed by atoms with E-state index in [0.717, 1.165) is 11.3 Å². The lowest BCUT2D eigenvalue weighted by molar-refractivity contribution is -0.115. The molecule has 0 aliphatic carbocycles. The van der Waals surface area contributed by atoms with Crippen LogP contribution in [0.5, 0.6) is 0 Å². The molecule has 1 aliphatic heterocycles. The Morgan fingerprint density at radius 2 is 2.10 bits per heavy atom. The van der Waals surface area contributed by atoms with E-state index in [1.807, 2.05) is 30.5 Å². The Hall–Kier alpha value is -1.63. The molecule has 2 aromatic rings. The number of thioether (sulfide) groups is 1. The maximum Gasteiger partial charge on any atom is 0.264 e. The molecule has 1 fully saturated rings. The number of hydrogen-bond acceptors (Lipinski definition) is 5. The zero-order valence-corrected chi connectivity index (χ0v) is 13.4. The monoisotopic (exact) mass is 335 g/mol. The first-order valence-corrected chi connectivity index (χ1v) is 8.15. The van der Waals surface area contributed by atoms with Gasteiger partial charge in [-0.3, -0.25) is 4.79 Å². The number of aliphatic imine (C=N–C) groups is 1. The lowest BCUT2D eigenvalue weighted by Gasteiger charge is -1.95. The zero-order chi connectivity index (χ0) is 14.8. The minimum Gasteiger partial charge on any atom is -0.300 e. The van der Waals surface area contributed by atoms with E-state index in [9.17, 15) is 4.79 Å². The molecule has 21 heavy (non-hydrogen) atoms. The summed E-state index contributed by atoms with van der Waals surface area (Å²) in [7, 11) is 0. The number of hydrogen-bond donors (Lipinski definition) is 1. The Balaban J connectivity index is 1.81. The number of carbonyl (C=O) groups excluding carboxylic acids is 1. The van der Waals surface area contributed by atoms with Crippen LogP contribution in [0.15, 0.2) is 39.5 Å². The van der Waals surface area contributed by atoms with Crippen LogP contribution in [0.3, 0.4) is 0 Å². The van der Waals surface area contributed by atoms with E-state index in [-0.39, 0.29) is 5.91 Å². The molecule has 1 aliphatic rings. The summed E-state index contributed by atoms with van der Waals surface area (Å²) in [5.74, 6) is -0.151. The Labute approximate surface area is 135 Å². The number of nitrogens with one attached hydrogen (secondary N) is 1. The van der Waals surface area contributed by atoms with Crippen LogP contribution in [0.2, 0.25) is 5.02 Å². The van der Waals surface area contributed by atoms with Gasteiger partial charge in [0.15, 0.2) is 5.17 Å². The molecule has 0 radical (unpaired) electrons. The van der Waals surface area contributed by atoms with Crippen LogP contribution in [-0.2, 0) is 4.79 Å². The van der Waals surface area contributed by atoms with Crippen molar-refractivity contribution in [3.05, 3.63) is 50.8 Å². The Bertz CT molecular complexity index is 750. The highest BCUT2D eigenvalue weighted by molar-refractivity contribution is 8.18. The first kappa shape index (κ1) is 14.3. The van der Waals surface area contributed by atoms with E-state index in [2.05, 4.69) is 15.3 Å². The van der Waals surface area contributed by atoms with Crippen molar-refractivity contribution in [2.45, 2.75) is 6.92 Å². The third-order valence-electron chi connectivity index (χ3n) is 2.62. The standard InChI is InChI=1S/C14H10ClN3OS2/c1-8-7-20-13(16-8)18-14-17-12(19)11(21-14)6-9-2-4-10(15)5-3-9/h2-7H,1H3,(H,16,17,18,19)/b11-6-. The number of benzene rings is 1. The van der Waals surface area contributed by atoms with Crippen LogP contribution < -0.4 is 5.32 Å². The van der Waals surface area contributed by atoms with Gasteiger partial charge in [-0.25, -0.2) is 4.98 Å². The zero-order valence-electron chi connectivity index (χ0n) is 11.0. The summed E-state index contributed by atoms with van der Waals surface area (Å²) in [5.41, 5.74) is 1.84. The van der Waals surface area contributed by atoms with Crippen molar-refractivity contribution in [3.63, 3.8) is 0 Å². The SMILES string of the molecule is Cc1csc(N=C2NC(=O)/C(=C/c3ccc(Cl)cc3)S2)n1. The summed E-state index contributed by atoms with van der Waals surface area (Å²) in [6.45, 7) is 1.91. The van der Waals surface area contributed by atoms with Crippen molar-refractivity contribution in [3.8, 4) is 0 Å². The second kappa shape index (κ2) is 6.01. The Morgan fingerprint density at radius 3 is 2.76 bits per heavy atom. The van der Waals surface area contributed by atoms with Gasteiger partial charge in [0.05, 0.1) is 10.6 Å². The molecule has 0 unspecified atom stereocenters. The van der Waals surface area contributed by atoms with Crippen LogP contribution in [-0.4, -0.2) is 16.1 Å². The lowest BCUT2D eigenvalue weighted by atomic mass is 10.2. The van der Waals surface area contributed by atoms with Gasteiger partial charge in [-0.15, -0.1) is 11.3 Å². The minimum atomic E-state index is -0.151. The van der Waals surface area contributed by atoms with Gasteiger partial charge in [0, 0.05) is 10.4 Å². The summed E-state index contributed by atoms with van der Waals surface area (Å²) in [4.78, 5) is 21.1. The molecule has 4 nitrogen and oxygen atoms in total. The lowest BCUT2D eigenvalue weighted by Crippen LogP contribution is -2.19. The smallest absolute Gasteiger partial charge is 0.264 e. The first-order chi connectivity index (χ1) is 10.1. The summed E-state index contributed by atoms with van der Waals surface area (Å²) < 4.78 is 0. The minimum absolute atomic E-state index is 0.151. The van der Waals surface area contributed by atoms with E-state index < -0.39 is 0 Å². The van der Waals surface area contributed by atoms with Crippen molar-refractivity contribution in [2.24, 2.45) is 4.99 Å². The summed E-state index contributed by atoms with van der Waals surface area (Å²) >= 11 is 8.60. The number of aromatic nitrogens is 1. The molecule has 1 N–H and O–H groups in total. The molecule has 0 saturated carbocycles. The van der Waals surface area contributed by atoms with Crippen molar-refractivity contribution < 1.29 is 4.79 Å². The van der Waals surface area contributed by atoms with E-state index in [0.29, 0.717) is 20.2 Å². The number of aryl methyl sites for hydroxylation is 1. The topological polar surface area (TPSA) is 54.4 Å². The quantitative estimate of drug-likeness (QED) is 0.844. The molecule has 1 aromatic carbocycles. The molecule has 106 valence electrons. The van der Waals surface area contributed by atoms with E-state index in [1.54, 1.807) is 12.1 Å². The second-order valence-electron chi connectivity index (χ2n) is 4.30. The number of thiazole rings is 1. The highest BCUT2D eigenvalue weighted by Crippen LogP contribution is 2.29. The van der Waals surface area contributed by atoms with Gasteiger partial charge in [-0.05, 0) is 42.5 Å². The second-order valence-corrected chi connectivity index (χ2v) is 6.61. The first-order valence-electron chi connectivity index (χ1n) is 6.07. The maximum atomic E-state index is 11.9. The number of nitrogens with zero attached hydrogens (tertiary/aromatic N) is 2. The van der Waals surface area contributed by atoms with E-state index in [1.165, 1.54) is 23.1 Å². The molecule has 1 aromatic heterocycles. The molecular formula is C14H10ClN3OS2. The van der Waals surface area contributed by atoms with Gasteiger partial charge in [0.2, 0.25) is 5.13 Å². The fourth-order valence-corrected chi connectivity index (χ4v) is 3.35. The third-order valence-corrected chi connectivity index (χ3v) is 4.64. The highest BCUT2D eigenvalue weighted by Gasteiger charge is 2.24. The molecule has 3 rings (SSSR count). The van der Waals surface area contributed by atoms with Crippen molar-refractivity contribution in [1.29, 1.82) is 0 Å². The molecule has 0 bridgehead atoms. The number of rotatable bonds is 2. The van der Waals surface area contributed by atoms with Gasteiger partial charge in [-0.2, -0.15) is 4.99 Å². The average molecular weight is 336 g/mol. The number of carbonyl (C=O) groups is 1. The van der Waals surface area contributed by atoms with Crippen molar-refractivity contribution in [2.75, 3.05) is 0 Å². The Morgan fingerprint density at radius 1 is 1.33 bits per heavy atom. The number of amides is 1. The van der Waals surface area contributed by atoms with Gasteiger partial charge in [0.1, 0.15) is 0 Å². The van der Waals surface area contributed by atoms with E-state index >= 15 is 0 Å². The highest BCUT2D eigenvalue weighted by atomic mass is 35.5. The Kier molecular flexibility index (Phi) is 4.10. The normalized spacial score (nSPS) is 18.5. The molecule has 7 heteroatoms. The fraction of sp³-hybridized carbons (Fsp3) is 0.0714. The van der Waals surface area contributed by atoms with E-state index in [4.69, 9.17) is 11.6 Å². The van der Waals surface area contributed by atoms with Crippen LogP contribution >= 0.6 is 34.7 Å². The predicted molar refractivity (Wildman–Crippen MR) is 89.1 cm³/mol. The van der Waals surface area contributed by atoms with Crippen LogP contribution in [0.1, 0.15) is 11.3 Å². The summed E-state index contributed by atoms with van der Waals surface area (Å²) in [5, 5.41) is 6.52. The fourth-order valence-electron chi connectivity index (χ4n) is 1.67. The van der Waals surface area contributed by atoms with Crippen molar-refractivity contribution in [1.82, 2.24) is 10.3 Å². The molecular weight excluding hydrogens is 326 g/mol. The number of amidine groups is 1. The van der Waals surface area contributed by atoms with Gasteiger partial charge in [0.25, 0.3) is 5.91 Å². The van der Waals surface area contributed by atoms with Gasteiger partial charge >= 0.3 is 0 Å². The van der Waals surface area contributed by atoms with Crippen LogP contribution in [0.25, 0.3) is 6.08 Å². The molecule has 0 spiro atoms. The molecule has 1 saturated heterocycles. The molecule has 0 atom stereocenters. The average Bonchev–Trinajstić information content (AvgIpc) is 2.99. The van der Waals surface area contributed by atoms with Crippen molar-refractivity contribution >= 4 is 57.0 Å². The van der Waals surface area contributed by atoms with Crippen LogP contribution in [0, 0.1) is 6.92 Å². The maximum absolute atomic E-state index is 11.9. The molecule has 1 amide bonds. The molecule has 2 heterocycles. The third kappa shape index (κ3) is 3.53.